The monoisotopic (exact) mass is 215 g/mol. The number of para-hydroxylation sites is 1. The van der Waals surface area contributed by atoms with E-state index in [9.17, 15) is 4.48 Å². The summed E-state index contributed by atoms with van der Waals surface area (Å²) in [4.78, 5) is 0. The topological polar surface area (TPSA) is 36.8 Å². The van der Waals surface area contributed by atoms with Gasteiger partial charge in [0.25, 0.3) is 0 Å². The fraction of sp³-hybridized carbons (Fsp3) is 0. The van der Waals surface area contributed by atoms with Gasteiger partial charge >= 0.3 is 0 Å². The van der Waals surface area contributed by atoms with E-state index >= 15 is 0 Å². The molecule has 0 radical (unpaired) electrons. The predicted molar refractivity (Wildman–Crippen MR) is 61.8 cm³/mol. The van der Waals surface area contributed by atoms with Crippen molar-refractivity contribution < 1.29 is 4.48 Å². The van der Waals surface area contributed by atoms with Crippen molar-refractivity contribution in [1.29, 1.82) is 0 Å². The third-order valence-corrected chi connectivity index (χ3v) is 2.04. The van der Waals surface area contributed by atoms with Gasteiger partial charge in [0.2, 0.25) is 0 Å². The van der Waals surface area contributed by atoms with Gasteiger partial charge in [-0.05, 0) is 24.3 Å². The van der Waals surface area contributed by atoms with Gasteiger partial charge in [0.05, 0.1) is 11.4 Å². The van der Waals surface area contributed by atoms with Gasteiger partial charge in [0.1, 0.15) is 5.69 Å². The minimum Gasteiger partial charge on any atom is -0.222 e. The smallest absolute Gasteiger partial charge is 0.111 e. The molecule has 0 aliphatic heterocycles. The Bertz CT molecular complexity index is 483. The van der Waals surface area contributed by atoms with Gasteiger partial charge in [0.15, 0.2) is 0 Å². The van der Waals surface area contributed by atoms with Crippen LogP contribution in [-0.4, -0.2) is 0 Å². The van der Waals surface area contributed by atoms with Crippen LogP contribution in [0.4, 0.5) is 21.5 Å². The SMILES string of the molecule is FNc1ccccc1N=Nc1ccccc1. The van der Waals surface area contributed by atoms with Crippen molar-refractivity contribution in [3.05, 3.63) is 54.6 Å². The molecule has 2 rings (SSSR count). The Hall–Kier alpha value is -2.23. The maximum absolute atomic E-state index is 12.4. The molecule has 4 heteroatoms. The summed E-state index contributed by atoms with van der Waals surface area (Å²) in [5.41, 5.74) is 3.08. The van der Waals surface area contributed by atoms with Crippen LogP contribution >= 0.6 is 0 Å². The highest BCUT2D eigenvalue weighted by Gasteiger charge is 1.98. The second kappa shape index (κ2) is 5.02. The first kappa shape index (κ1) is 10.3. The molecular formula is C12H10FN3. The number of rotatable bonds is 3. The van der Waals surface area contributed by atoms with E-state index in [1.165, 1.54) is 0 Å². The Labute approximate surface area is 92.6 Å². The van der Waals surface area contributed by atoms with E-state index in [-0.39, 0.29) is 0 Å². The summed E-state index contributed by atoms with van der Waals surface area (Å²) in [6.07, 6.45) is 0. The van der Waals surface area contributed by atoms with Gasteiger partial charge in [0, 0.05) is 0 Å². The lowest BCUT2D eigenvalue weighted by molar-refractivity contribution is 0.618. The number of halogens is 1. The highest BCUT2D eigenvalue weighted by atomic mass is 19.2. The lowest BCUT2D eigenvalue weighted by atomic mass is 10.3. The zero-order valence-electron chi connectivity index (χ0n) is 8.47. The highest BCUT2D eigenvalue weighted by molar-refractivity contribution is 5.63. The van der Waals surface area contributed by atoms with Gasteiger partial charge < -0.3 is 0 Å². The van der Waals surface area contributed by atoms with E-state index in [0.717, 1.165) is 5.69 Å². The lowest BCUT2D eigenvalue weighted by Gasteiger charge is -1.99. The Morgan fingerprint density at radius 3 is 2.25 bits per heavy atom. The average Bonchev–Trinajstić information content (AvgIpc) is 2.38. The molecule has 0 aromatic heterocycles. The van der Waals surface area contributed by atoms with E-state index < -0.39 is 0 Å². The van der Waals surface area contributed by atoms with Gasteiger partial charge in [-0.25, -0.2) is 5.54 Å². The fourth-order valence-corrected chi connectivity index (χ4v) is 1.25. The van der Waals surface area contributed by atoms with E-state index in [0.29, 0.717) is 11.4 Å². The Kier molecular flexibility index (Phi) is 3.23. The molecular weight excluding hydrogens is 205 g/mol. The molecule has 80 valence electrons. The molecule has 0 heterocycles. The van der Waals surface area contributed by atoms with Crippen LogP contribution in [0.5, 0.6) is 0 Å². The van der Waals surface area contributed by atoms with Crippen LogP contribution in [0.2, 0.25) is 0 Å². The van der Waals surface area contributed by atoms with Crippen LogP contribution in [0.3, 0.4) is 0 Å². The van der Waals surface area contributed by atoms with E-state index in [4.69, 9.17) is 0 Å². The van der Waals surface area contributed by atoms with Crippen LogP contribution in [0.1, 0.15) is 0 Å². The van der Waals surface area contributed by atoms with E-state index in [1.54, 1.807) is 29.8 Å². The number of azo groups is 1. The minimum atomic E-state index is 0.308. The number of hydrogen-bond donors (Lipinski definition) is 1. The summed E-state index contributed by atoms with van der Waals surface area (Å²) in [6, 6.07) is 16.1. The molecule has 0 bridgehead atoms. The summed E-state index contributed by atoms with van der Waals surface area (Å²) in [6.45, 7) is 0. The summed E-state index contributed by atoms with van der Waals surface area (Å²) < 4.78 is 12.4. The Morgan fingerprint density at radius 2 is 1.50 bits per heavy atom. The zero-order chi connectivity index (χ0) is 11.2. The summed E-state index contributed by atoms with van der Waals surface area (Å²) in [5.74, 6) is 0. The highest BCUT2D eigenvalue weighted by Crippen LogP contribution is 2.26. The quantitative estimate of drug-likeness (QED) is 0.598. The molecule has 16 heavy (non-hydrogen) atoms. The van der Waals surface area contributed by atoms with Crippen molar-refractivity contribution in [3.8, 4) is 0 Å². The van der Waals surface area contributed by atoms with Crippen molar-refractivity contribution in [1.82, 2.24) is 0 Å². The molecule has 0 spiro atoms. The van der Waals surface area contributed by atoms with Crippen molar-refractivity contribution in [3.63, 3.8) is 0 Å². The van der Waals surface area contributed by atoms with Crippen molar-refractivity contribution in [2.45, 2.75) is 0 Å². The molecule has 0 amide bonds. The molecule has 3 nitrogen and oxygen atoms in total. The largest absolute Gasteiger partial charge is 0.222 e. The van der Waals surface area contributed by atoms with Gasteiger partial charge in [-0.1, -0.05) is 30.3 Å². The first-order valence-electron chi connectivity index (χ1n) is 4.82. The standard InChI is InChI=1S/C12H10FN3/c13-14-11-8-4-5-9-12(11)16-15-10-6-2-1-3-7-10/h1-9,14H. The molecule has 0 unspecified atom stereocenters. The number of hydrogen-bond acceptors (Lipinski definition) is 3. The molecule has 0 saturated carbocycles. The first-order valence-corrected chi connectivity index (χ1v) is 4.82. The van der Waals surface area contributed by atoms with Gasteiger partial charge in [-0.2, -0.15) is 5.11 Å². The van der Waals surface area contributed by atoms with E-state index in [1.807, 2.05) is 30.3 Å². The van der Waals surface area contributed by atoms with Crippen molar-refractivity contribution in [2.75, 3.05) is 5.54 Å². The van der Waals surface area contributed by atoms with Crippen LogP contribution in [0.25, 0.3) is 0 Å². The van der Waals surface area contributed by atoms with Crippen LogP contribution in [0.15, 0.2) is 64.8 Å². The van der Waals surface area contributed by atoms with Crippen LogP contribution < -0.4 is 5.54 Å². The average molecular weight is 215 g/mol. The van der Waals surface area contributed by atoms with Gasteiger partial charge in [-0.3, -0.25) is 0 Å². The number of nitrogens with one attached hydrogen (secondary N) is 1. The summed E-state index contributed by atoms with van der Waals surface area (Å²) in [5, 5.41) is 7.97. The number of benzene rings is 2. The van der Waals surface area contributed by atoms with Crippen molar-refractivity contribution >= 4 is 17.1 Å². The van der Waals surface area contributed by atoms with Crippen LogP contribution in [0, 0.1) is 0 Å². The van der Waals surface area contributed by atoms with Crippen molar-refractivity contribution in [2.24, 2.45) is 10.2 Å². The second-order valence-electron chi connectivity index (χ2n) is 3.15. The Morgan fingerprint density at radius 1 is 0.812 bits per heavy atom. The first-order chi connectivity index (χ1) is 7.90. The number of nitrogens with zero attached hydrogens (tertiary/aromatic N) is 2. The normalized spacial score (nSPS) is 10.6. The molecule has 0 fully saturated rings. The number of anilines is 1. The minimum absolute atomic E-state index is 0.308. The van der Waals surface area contributed by atoms with E-state index in [2.05, 4.69) is 10.2 Å². The third-order valence-electron chi connectivity index (χ3n) is 2.04. The predicted octanol–water partition coefficient (Wildman–Crippen LogP) is 4.40. The second-order valence-corrected chi connectivity index (χ2v) is 3.15. The molecule has 0 atom stereocenters. The zero-order valence-corrected chi connectivity index (χ0v) is 8.47. The van der Waals surface area contributed by atoms with Gasteiger partial charge in [-0.15, -0.1) is 9.60 Å². The summed E-state index contributed by atoms with van der Waals surface area (Å²) in [7, 11) is 0. The molecule has 1 N–H and O–H groups in total. The molecule has 0 saturated heterocycles. The van der Waals surface area contributed by atoms with Crippen LogP contribution in [-0.2, 0) is 0 Å². The maximum atomic E-state index is 12.4. The molecule has 2 aromatic rings. The fourth-order valence-electron chi connectivity index (χ4n) is 1.25. The molecule has 0 aliphatic rings. The third kappa shape index (κ3) is 2.42. The molecule has 2 aromatic carbocycles. The maximum Gasteiger partial charge on any atom is 0.111 e. The molecule has 0 aliphatic carbocycles. The Balaban J connectivity index is 2.24. The summed E-state index contributed by atoms with van der Waals surface area (Å²) >= 11 is 0. The lowest BCUT2D eigenvalue weighted by Crippen LogP contribution is -1.80.